The molecule has 0 bridgehead atoms. The molecule has 0 spiro atoms. The number of carbonyl (C=O) groups excluding carboxylic acids is 1. The number of carbonyl (C=O) groups is 1. The van der Waals surface area contributed by atoms with Crippen LogP contribution in [0.5, 0.6) is 0 Å². The summed E-state index contributed by atoms with van der Waals surface area (Å²) in [5.41, 5.74) is 2.39. The molecule has 1 saturated heterocycles. The van der Waals surface area contributed by atoms with Crippen molar-refractivity contribution in [3.8, 4) is 6.07 Å². The second kappa shape index (κ2) is 8.57. The van der Waals surface area contributed by atoms with E-state index in [0.29, 0.717) is 11.5 Å². The third-order valence-electron chi connectivity index (χ3n) is 5.47. The second-order valence-corrected chi connectivity index (χ2v) is 8.11. The minimum Gasteiger partial charge on any atom is -0.369 e. The van der Waals surface area contributed by atoms with Crippen LogP contribution in [-0.4, -0.2) is 43.1 Å². The van der Waals surface area contributed by atoms with Gasteiger partial charge in [-0.3, -0.25) is 9.78 Å². The highest BCUT2D eigenvalue weighted by Gasteiger charge is 2.29. The van der Waals surface area contributed by atoms with E-state index in [9.17, 15) is 10.1 Å². The molecule has 6 heteroatoms. The number of nitrogens with zero attached hydrogens (tertiary/aromatic N) is 3. The molecule has 1 aliphatic rings. The van der Waals surface area contributed by atoms with E-state index in [0.717, 1.165) is 36.1 Å². The molecule has 1 aliphatic heterocycles. The van der Waals surface area contributed by atoms with Crippen LogP contribution in [0, 0.1) is 23.2 Å². The highest BCUT2D eigenvalue weighted by molar-refractivity contribution is 5.95. The number of nitriles is 1. The molecule has 148 valence electrons. The summed E-state index contributed by atoms with van der Waals surface area (Å²) >= 11 is 0. The summed E-state index contributed by atoms with van der Waals surface area (Å²) in [5.74, 6) is 0.743. The van der Waals surface area contributed by atoms with Crippen LogP contribution >= 0.6 is 0 Å². The Bertz CT molecular complexity index is 888. The van der Waals surface area contributed by atoms with Crippen molar-refractivity contribution in [2.24, 2.45) is 11.8 Å². The van der Waals surface area contributed by atoms with Crippen molar-refractivity contribution < 1.29 is 4.79 Å². The summed E-state index contributed by atoms with van der Waals surface area (Å²) in [6.45, 7) is 7.98. The van der Waals surface area contributed by atoms with E-state index in [1.807, 2.05) is 45.2 Å². The van der Waals surface area contributed by atoms with Crippen LogP contribution in [0.3, 0.4) is 0 Å². The first-order chi connectivity index (χ1) is 13.4. The lowest BCUT2D eigenvalue weighted by atomic mass is 9.93. The van der Waals surface area contributed by atoms with Crippen LogP contribution in [0.15, 0.2) is 30.5 Å². The van der Waals surface area contributed by atoms with Crippen LogP contribution in [-0.2, 0) is 4.79 Å². The molecule has 28 heavy (non-hydrogen) atoms. The molecule has 2 heterocycles. The molecule has 0 aliphatic carbocycles. The maximum Gasteiger partial charge on any atom is 0.237 e. The van der Waals surface area contributed by atoms with Crippen molar-refractivity contribution in [3.63, 3.8) is 0 Å². The van der Waals surface area contributed by atoms with Crippen LogP contribution in [0.4, 0.5) is 5.69 Å². The van der Waals surface area contributed by atoms with Gasteiger partial charge < -0.3 is 15.5 Å². The Morgan fingerprint density at radius 3 is 2.79 bits per heavy atom. The van der Waals surface area contributed by atoms with Crippen LogP contribution in [0.25, 0.3) is 10.9 Å². The van der Waals surface area contributed by atoms with Crippen molar-refractivity contribution in [1.29, 1.82) is 5.26 Å². The summed E-state index contributed by atoms with van der Waals surface area (Å²) in [6, 6.07) is 9.89. The molecule has 0 saturated carbocycles. The first kappa shape index (κ1) is 20.1. The Kier molecular flexibility index (Phi) is 6.15. The molecule has 2 aromatic rings. The molecular formula is C22H29N5O. The first-order valence-electron chi connectivity index (χ1n) is 9.95. The predicted octanol–water partition coefficient (Wildman–Crippen LogP) is 2.68. The predicted molar refractivity (Wildman–Crippen MR) is 112 cm³/mol. The monoisotopic (exact) mass is 379 g/mol. The molecule has 1 fully saturated rings. The molecule has 1 amide bonds. The van der Waals surface area contributed by atoms with Gasteiger partial charge in [-0.05, 0) is 49.6 Å². The van der Waals surface area contributed by atoms with Crippen molar-refractivity contribution in [1.82, 2.24) is 15.6 Å². The van der Waals surface area contributed by atoms with Crippen LogP contribution < -0.4 is 15.5 Å². The number of amides is 1. The molecule has 1 aromatic carbocycles. The van der Waals surface area contributed by atoms with E-state index >= 15 is 0 Å². The number of aromatic nitrogens is 1. The van der Waals surface area contributed by atoms with Crippen molar-refractivity contribution in [2.75, 3.05) is 25.0 Å². The van der Waals surface area contributed by atoms with Gasteiger partial charge in [-0.15, -0.1) is 0 Å². The molecule has 6 nitrogen and oxygen atoms in total. The molecule has 3 atom stereocenters. The fourth-order valence-corrected chi connectivity index (χ4v) is 4.23. The zero-order chi connectivity index (χ0) is 20.3. The van der Waals surface area contributed by atoms with Crippen molar-refractivity contribution >= 4 is 22.5 Å². The number of pyridine rings is 1. The lowest BCUT2D eigenvalue weighted by molar-refractivity contribution is -0.124. The summed E-state index contributed by atoms with van der Waals surface area (Å²) in [6.07, 6.45) is 2.68. The van der Waals surface area contributed by atoms with Crippen molar-refractivity contribution in [2.45, 2.75) is 39.3 Å². The van der Waals surface area contributed by atoms with E-state index < -0.39 is 0 Å². The third kappa shape index (κ3) is 4.10. The number of rotatable bonds is 5. The number of fused-ring (bicyclic) bond motifs is 1. The van der Waals surface area contributed by atoms with E-state index in [4.69, 9.17) is 0 Å². The summed E-state index contributed by atoms with van der Waals surface area (Å²) in [7, 11) is 1.83. The number of anilines is 1. The number of hydrogen-bond acceptors (Lipinski definition) is 5. The maximum atomic E-state index is 12.7. The lowest BCUT2D eigenvalue weighted by Crippen LogP contribution is -2.55. The van der Waals surface area contributed by atoms with E-state index in [1.165, 1.54) is 0 Å². The number of piperidine rings is 1. The fourth-order valence-electron chi connectivity index (χ4n) is 4.23. The highest BCUT2D eigenvalue weighted by atomic mass is 16.2. The number of nitrogens with one attached hydrogen (secondary N) is 2. The lowest BCUT2D eigenvalue weighted by Gasteiger charge is -2.39. The summed E-state index contributed by atoms with van der Waals surface area (Å²) in [5, 5.41) is 16.7. The standard InChI is InChI=1S/C22H29N5O/c1-14(2)20(24-4)22(28)26-17-10-15(3)12-27(13-17)19-8-7-16(11-23)21-18(19)6-5-9-25-21/h5-9,14-15,17,20,24H,10,12-13H2,1-4H3,(H,26,28). The van der Waals surface area contributed by atoms with Gasteiger partial charge >= 0.3 is 0 Å². The van der Waals surface area contributed by atoms with E-state index in [1.54, 1.807) is 6.20 Å². The fraction of sp³-hybridized carbons (Fsp3) is 0.500. The Balaban J connectivity index is 1.85. The molecule has 0 radical (unpaired) electrons. The van der Waals surface area contributed by atoms with Gasteiger partial charge in [0.05, 0.1) is 17.1 Å². The quantitative estimate of drug-likeness (QED) is 0.835. The summed E-state index contributed by atoms with van der Waals surface area (Å²) in [4.78, 5) is 19.4. The zero-order valence-corrected chi connectivity index (χ0v) is 17.1. The Labute approximate surface area is 166 Å². The minimum absolute atomic E-state index is 0.0582. The van der Waals surface area contributed by atoms with Crippen molar-refractivity contribution in [3.05, 3.63) is 36.0 Å². The van der Waals surface area contributed by atoms with Crippen LogP contribution in [0.1, 0.15) is 32.8 Å². The number of benzene rings is 1. The molecular weight excluding hydrogens is 350 g/mol. The topological polar surface area (TPSA) is 81.0 Å². The highest BCUT2D eigenvalue weighted by Crippen LogP contribution is 2.31. The molecule has 3 rings (SSSR count). The smallest absolute Gasteiger partial charge is 0.237 e. The summed E-state index contributed by atoms with van der Waals surface area (Å²) < 4.78 is 0. The first-order valence-corrected chi connectivity index (χ1v) is 9.95. The Hall–Kier alpha value is -2.65. The van der Waals surface area contributed by atoms with Crippen LogP contribution in [0.2, 0.25) is 0 Å². The Morgan fingerprint density at radius 2 is 2.11 bits per heavy atom. The molecule has 3 unspecified atom stereocenters. The van der Waals surface area contributed by atoms with Gasteiger partial charge in [0.25, 0.3) is 0 Å². The zero-order valence-electron chi connectivity index (χ0n) is 17.1. The molecule has 1 aromatic heterocycles. The maximum absolute atomic E-state index is 12.7. The SMILES string of the molecule is CNC(C(=O)NC1CC(C)CN(c2ccc(C#N)c3ncccc23)C1)C(C)C. The average molecular weight is 380 g/mol. The number of hydrogen-bond donors (Lipinski definition) is 2. The normalized spacial score (nSPS) is 20.8. The van der Waals surface area contributed by atoms with Gasteiger partial charge in [-0.25, -0.2) is 0 Å². The molecule has 2 N–H and O–H groups in total. The second-order valence-electron chi connectivity index (χ2n) is 8.11. The van der Waals surface area contributed by atoms with E-state index in [2.05, 4.69) is 33.5 Å². The van der Waals surface area contributed by atoms with Gasteiger partial charge in [-0.1, -0.05) is 20.8 Å². The Morgan fingerprint density at radius 1 is 1.32 bits per heavy atom. The van der Waals surface area contributed by atoms with Gasteiger partial charge in [-0.2, -0.15) is 5.26 Å². The average Bonchev–Trinajstić information content (AvgIpc) is 2.66. The largest absolute Gasteiger partial charge is 0.369 e. The third-order valence-corrected chi connectivity index (χ3v) is 5.47. The number of likely N-dealkylation sites (N-methyl/N-ethyl adjacent to an activating group) is 1. The van der Waals surface area contributed by atoms with Gasteiger partial charge in [0.1, 0.15) is 6.07 Å². The van der Waals surface area contributed by atoms with E-state index in [-0.39, 0.29) is 23.9 Å². The van der Waals surface area contributed by atoms with Gasteiger partial charge in [0, 0.05) is 36.4 Å². The van der Waals surface area contributed by atoms with Gasteiger partial charge in [0.2, 0.25) is 5.91 Å². The van der Waals surface area contributed by atoms with Gasteiger partial charge in [0.15, 0.2) is 0 Å². The minimum atomic E-state index is -0.189.